The Labute approximate surface area is 137 Å². The fourth-order valence-corrected chi connectivity index (χ4v) is 3.04. The molecule has 0 radical (unpaired) electrons. The molecule has 0 spiro atoms. The molecule has 0 aliphatic carbocycles. The zero-order valence-corrected chi connectivity index (χ0v) is 13.3. The van der Waals surface area contributed by atoms with Crippen molar-refractivity contribution >= 4 is 46.4 Å². The highest BCUT2D eigenvalue weighted by molar-refractivity contribution is 6.35. The van der Waals surface area contributed by atoms with Gasteiger partial charge in [0.25, 0.3) is 0 Å². The predicted molar refractivity (Wildman–Crippen MR) is 86.8 cm³/mol. The minimum atomic E-state index is -0.472. The highest BCUT2D eigenvalue weighted by Gasteiger charge is 2.19. The van der Waals surface area contributed by atoms with Crippen molar-refractivity contribution in [2.24, 2.45) is 11.5 Å². The first kappa shape index (κ1) is 15.9. The third-order valence-electron chi connectivity index (χ3n) is 2.93. The maximum Gasteiger partial charge on any atom is 0.0492 e. The predicted octanol–water partition coefficient (Wildman–Crippen LogP) is 5.00. The molecule has 2 unspecified atom stereocenters. The fourth-order valence-electron chi connectivity index (χ4n) is 1.95. The van der Waals surface area contributed by atoms with Gasteiger partial charge in [0.05, 0.1) is 0 Å². The summed E-state index contributed by atoms with van der Waals surface area (Å²) in [5.41, 5.74) is 13.9. The topological polar surface area (TPSA) is 52.0 Å². The van der Waals surface area contributed by atoms with Crippen LogP contribution < -0.4 is 11.5 Å². The molecule has 0 saturated carbocycles. The van der Waals surface area contributed by atoms with Crippen LogP contribution >= 0.6 is 46.4 Å². The first-order valence-electron chi connectivity index (χ1n) is 5.80. The fraction of sp³-hybridized carbons (Fsp3) is 0.143. The summed E-state index contributed by atoms with van der Waals surface area (Å²) in [6.07, 6.45) is 0. The number of rotatable bonds is 3. The van der Waals surface area contributed by atoms with Gasteiger partial charge >= 0.3 is 0 Å². The van der Waals surface area contributed by atoms with Crippen LogP contribution in [0.2, 0.25) is 20.1 Å². The number of hydrogen-bond acceptors (Lipinski definition) is 2. The van der Waals surface area contributed by atoms with E-state index in [0.717, 1.165) is 11.1 Å². The minimum absolute atomic E-state index is 0.472. The lowest BCUT2D eigenvalue weighted by molar-refractivity contribution is 0.574. The second-order valence-corrected chi connectivity index (χ2v) is 6.20. The minimum Gasteiger partial charge on any atom is -0.322 e. The summed E-state index contributed by atoms with van der Waals surface area (Å²) in [7, 11) is 0. The quantitative estimate of drug-likeness (QED) is 0.819. The normalized spacial score (nSPS) is 14.1. The number of benzene rings is 2. The van der Waals surface area contributed by atoms with Gasteiger partial charge in [-0.05, 0) is 47.5 Å². The van der Waals surface area contributed by atoms with Crippen LogP contribution in [0.4, 0.5) is 0 Å². The molecule has 0 amide bonds. The van der Waals surface area contributed by atoms with E-state index < -0.39 is 12.1 Å². The summed E-state index contributed by atoms with van der Waals surface area (Å²) in [4.78, 5) is 0. The Kier molecular flexibility index (Phi) is 5.19. The number of nitrogens with two attached hydrogens (primary N) is 2. The van der Waals surface area contributed by atoms with E-state index in [4.69, 9.17) is 57.9 Å². The number of hydrogen-bond donors (Lipinski definition) is 2. The zero-order valence-electron chi connectivity index (χ0n) is 10.3. The summed E-state index contributed by atoms with van der Waals surface area (Å²) in [5.74, 6) is 0. The highest BCUT2D eigenvalue weighted by Crippen LogP contribution is 2.31. The monoisotopic (exact) mass is 348 g/mol. The van der Waals surface area contributed by atoms with Crippen LogP contribution in [0.1, 0.15) is 23.2 Å². The molecule has 0 heterocycles. The molecule has 0 aliphatic rings. The number of halogens is 4. The van der Waals surface area contributed by atoms with Crippen LogP contribution in [0, 0.1) is 0 Å². The van der Waals surface area contributed by atoms with Gasteiger partial charge in [0.1, 0.15) is 0 Å². The van der Waals surface area contributed by atoms with E-state index in [1.54, 1.807) is 36.4 Å². The van der Waals surface area contributed by atoms with Crippen molar-refractivity contribution in [1.82, 2.24) is 0 Å². The van der Waals surface area contributed by atoms with Gasteiger partial charge in [-0.2, -0.15) is 0 Å². The third-order valence-corrected chi connectivity index (χ3v) is 3.80. The standard InChI is InChI=1S/C14H12Cl4N2/c15-9-1-7(2-10(16)5-9)13(19)14(20)8-3-11(17)6-12(18)4-8/h1-6,13-14H,19-20H2. The van der Waals surface area contributed by atoms with Gasteiger partial charge < -0.3 is 11.5 Å². The maximum absolute atomic E-state index is 6.18. The van der Waals surface area contributed by atoms with Gasteiger partial charge in [-0.25, -0.2) is 0 Å². The molecule has 4 N–H and O–H groups in total. The second kappa shape index (κ2) is 6.52. The Balaban J connectivity index is 2.34. The van der Waals surface area contributed by atoms with Crippen LogP contribution in [0.3, 0.4) is 0 Å². The summed E-state index contributed by atoms with van der Waals surface area (Å²) < 4.78 is 0. The smallest absolute Gasteiger partial charge is 0.0492 e. The van der Waals surface area contributed by atoms with Gasteiger partial charge in [-0.15, -0.1) is 0 Å². The molecular weight excluding hydrogens is 338 g/mol. The van der Waals surface area contributed by atoms with Gasteiger partial charge in [-0.3, -0.25) is 0 Å². The maximum atomic E-state index is 6.18. The van der Waals surface area contributed by atoms with Crippen LogP contribution in [-0.2, 0) is 0 Å². The Morgan fingerprint density at radius 3 is 1.05 bits per heavy atom. The van der Waals surface area contributed by atoms with Crippen LogP contribution in [-0.4, -0.2) is 0 Å². The van der Waals surface area contributed by atoms with E-state index in [2.05, 4.69) is 0 Å². The molecular formula is C14H12Cl4N2. The molecule has 2 rings (SSSR count). The van der Waals surface area contributed by atoms with Gasteiger partial charge in [0.2, 0.25) is 0 Å². The van der Waals surface area contributed by atoms with Crippen molar-refractivity contribution in [2.45, 2.75) is 12.1 Å². The molecule has 0 fully saturated rings. The lowest BCUT2D eigenvalue weighted by atomic mass is 9.95. The molecule has 6 heteroatoms. The van der Waals surface area contributed by atoms with E-state index in [1.165, 1.54) is 0 Å². The van der Waals surface area contributed by atoms with Gasteiger partial charge in [-0.1, -0.05) is 46.4 Å². The average Bonchev–Trinajstić information content (AvgIpc) is 2.34. The summed E-state index contributed by atoms with van der Waals surface area (Å²) in [6, 6.07) is 9.30. The molecule has 2 atom stereocenters. The molecule has 2 nitrogen and oxygen atoms in total. The van der Waals surface area contributed by atoms with Crippen molar-refractivity contribution < 1.29 is 0 Å². The molecule has 0 aromatic heterocycles. The summed E-state index contributed by atoms with van der Waals surface area (Å²) in [5, 5.41) is 2.05. The van der Waals surface area contributed by atoms with E-state index in [9.17, 15) is 0 Å². The summed E-state index contributed by atoms with van der Waals surface area (Å²) >= 11 is 23.9. The Morgan fingerprint density at radius 1 is 0.550 bits per heavy atom. The van der Waals surface area contributed by atoms with Crippen molar-refractivity contribution in [3.8, 4) is 0 Å². The molecule has 106 valence electrons. The Hall–Kier alpha value is -0.480. The largest absolute Gasteiger partial charge is 0.322 e. The van der Waals surface area contributed by atoms with Crippen molar-refractivity contribution in [1.29, 1.82) is 0 Å². The average molecular weight is 350 g/mol. The lowest BCUT2D eigenvalue weighted by Crippen LogP contribution is -2.26. The molecule has 2 aromatic carbocycles. The van der Waals surface area contributed by atoms with Crippen molar-refractivity contribution in [3.05, 3.63) is 67.6 Å². The van der Waals surface area contributed by atoms with Gasteiger partial charge in [0, 0.05) is 32.2 Å². The molecule has 0 saturated heterocycles. The zero-order chi connectivity index (χ0) is 14.9. The Morgan fingerprint density at radius 2 is 0.800 bits per heavy atom. The van der Waals surface area contributed by atoms with Crippen LogP contribution in [0.15, 0.2) is 36.4 Å². The Bertz CT molecular complexity index is 535. The third kappa shape index (κ3) is 3.79. The van der Waals surface area contributed by atoms with Gasteiger partial charge in [0.15, 0.2) is 0 Å². The second-order valence-electron chi connectivity index (χ2n) is 4.46. The van der Waals surface area contributed by atoms with E-state index in [0.29, 0.717) is 20.1 Å². The highest BCUT2D eigenvalue weighted by atomic mass is 35.5. The van der Waals surface area contributed by atoms with E-state index in [1.807, 2.05) is 0 Å². The molecule has 0 aliphatic heterocycles. The van der Waals surface area contributed by atoms with Crippen LogP contribution in [0.25, 0.3) is 0 Å². The van der Waals surface area contributed by atoms with E-state index >= 15 is 0 Å². The molecule has 0 bridgehead atoms. The first-order chi connectivity index (χ1) is 9.36. The molecule has 20 heavy (non-hydrogen) atoms. The summed E-state index contributed by atoms with van der Waals surface area (Å²) in [6.45, 7) is 0. The van der Waals surface area contributed by atoms with Crippen LogP contribution in [0.5, 0.6) is 0 Å². The SMILES string of the molecule is NC(c1cc(Cl)cc(Cl)c1)C(N)c1cc(Cl)cc(Cl)c1. The van der Waals surface area contributed by atoms with E-state index in [-0.39, 0.29) is 0 Å². The van der Waals surface area contributed by atoms with Crippen molar-refractivity contribution in [2.75, 3.05) is 0 Å². The lowest BCUT2D eigenvalue weighted by Gasteiger charge is -2.21. The first-order valence-corrected chi connectivity index (χ1v) is 7.31. The molecule has 2 aromatic rings. The van der Waals surface area contributed by atoms with Crippen molar-refractivity contribution in [3.63, 3.8) is 0 Å².